The average molecular weight is 900 g/mol. The van der Waals surface area contributed by atoms with Gasteiger partial charge in [-0.3, -0.25) is 0 Å². The van der Waals surface area contributed by atoms with Crippen molar-refractivity contribution in [2.45, 2.75) is 41.5 Å². The van der Waals surface area contributed by atoms with Gasteiger partial charge in [-0.2, -0.15) is 5.26 Å². The summed E-state index contributed by atoms with van der Waals surface area (Å²) in [7, 11) is 0. The van der Waals surface area contributed by atoms with Crippen LogP contribution in [0.2, 0.25) is 0 Å². The smallest absolute Gasteiger partial charge is 0.161 e. The lowest BCUT2D eigenvalue weighted by atomic mass is 9.93. The first-order valence-electron chi connectivity index (χ1n) is 24.0. The summed E-state index contributed by atoms with van der Waals surface area (Å²) in [6.07, 6.45) is 0. The van der Waals surface area contributed by atoms with Crippen LogP contribution >= 0.6 is 0 Å². The molecular formula is C65H49N5. The van der Waals surface area contributed by atoms with Crippen LogP contribution in [0.4, 0.5) is 0 Å². The molecule has 12 rings (SSSR count). The molecule has 5 heteroatoms. The normalized spacial score (nSPS) is 11.6. The Morgan fingerprint density at radius 1 is 0.371 bits per heavy atom. The van der Waals surface area contributed by atoms with E-state index in [1.165, 1.54) is 55.6 Å². The minimum atomic E-state index is 0.477. The van der Waals surface area contributed by atoms with Crippen molar-refractivity contribution >= 4 is 43.6 Å². The minimum absolute atomic E-state index is 0.477. The van der Waals surface area contributed by atoms with E-state index in [1.807, 2.05) is 42.5 Å². The van der Waals surface area contributed by atoms with Crippen molar-refractivity contribution in [2.75, 3.05) is 0 Å². The summed E-state index contributed by atoms with van der Waals surface area (Å²) >= 11 is 0. The molecule has 3 aromatic heterocycles. The van der Waals surface area contributed by atoms with Crippen LogP contribution in [0.5, 0.6) is 0 Å². The Hall–Kier alpha value is -8.85. The topological polar surface area (TPSA) is 59.4 Å². The maximum absolute atomic E-state index is 11.4. The van der Waals surface area contributed by atoms with E-state index in [4.69, 9.17) is 9.97 Å². The summed E-state index contributed by atoms with van der Waals surface area (Å²) in [6, 6.07) is 69.5. The summed E-state index contributed by atoms with van der Waals surface area (Å²) in [5, 5.41) is 15.9. The second kappa shape index (κ2) is 16.7. The lowest BCUT2D eigenvalue weighted by Crippen LogP contribution is -2.06. The van der Waals surface area contributed by atoms with Gasteiger partial charge in [-0.05, 0) is 141 Å². The highest BCUT2D eigenvalue weighted by Gasteiger charge is 2.25. The number of nitrogens with zero attached hydrogens (tertiary/aromatic N) is 5. The van der Waals surface area contributed by atoms with Crippen LogP contribution in [0.1, 0.15) is 38.9 Å². The number of rotatable bonds is 7. The van der Waals surface area contributed by atoms with Gasteiger partial charge in [0.2, 0.25) is 0 Å². The summed E-state index contributed by atoms with van der Waals surface area (Å²) in [6.45, 7) is 13.2. The SMILES string of the molecule is Cc1cc(C)c(-c2ccc3c(c2)c2ccccc2n3-c2cc(C#N)c(-c3nc(-c4ccccc4)cc(-c4ccccc4)n3)cc2-n2c3ccccc3c3cc(-c4c(C)cc(C)cc4C)ccc32)c(C)c1. The Morgan fingerprint density at radius 3 is 1.21 bits per heavy atom. The van der Waals surface area contributed by atoms with Crippen molar-refractivity contribution in [3.8, 4) is 73.6 Å². The Kier molecular flexibility index (Phi) is 10.2. The van der Waals surface area contributed by atoms with Gasteiger partial charge in [0.15, 0.2) is 5.82 Å². The molecule has 0 spiro atoms. The van der Waals surface area contributed by atoms with Gasteiger partial charge < -0.3 is 9.13 Å². The number of benzene rings is 9. The molecule has 0 N–H and O–H groups in total. The highest BCUT2D eigenvalue weighted by molar-refractivity contribution is 6.13. The summed E-state index contributed by atoms with van der Waals surface area (Å²) in [5.41, 5.74) is 23.1. The van der Waals surface area contributed by atoms with E-state index in [0.717, 1.165) is 77.5 Å². The van der Waals surface area contributed by atoms with E-state index in [1.54, 1.807) is 0 Å². The Morgan fingerprint density at radius 2 is 0.771 bits per heavy atom. The van der Waals surface area contributed by atoms with Gasteiger partial charge >= 0.3 is 0 Å². The molecule has 70 heavy (non-hydrogen) atoms. The van der Waals surface area contributed by atoms with Gasteiger partial charge in [0.1, 0.15) is 0 Å². The third kappa shape index (κ3) is 6.99. The Bertz CT molecular complexity index is 4020. The maximum atomic E-state index is 11.4. The monoisotopic (exact) mass is 899 g/mol. The molecule has 0 aliphatic rings. The molecular weight excluding hydrogens is 851 g/mol. The van der Waals surface area contributed by atoms with E-state index in [2.05, 4.69) is 202 Å². The number of para-hydroxylation sites is 2. The third-order valence-corrected chi connectivity index (χ3v) is 14.1. The molecule has 0 aliphatic heterocycles. The van der Waals surface area contributed by atoms with Crippen LogP contribution in [0.3, 0.4) is 0 Å². The molecule has 5 nitrogen and oxygen atoms in total. The standard InChI is InChI=1S/C65H49N5/c1-39-29-41(3)63(42(4)30-39)47-25-27-59-53(33-47)50-21-13-15-23-57(50)69(59)61-35-49(38-66)52(65-67-55(45-17-9-7-10-18-45)37-56(68-65)46-19-11-8-12-20-46)36-62(61)70-58-24-16-14-22-51(58)54-34-48(26-28-60(54)70)64-43(5)31-40(2)32-44(64)6/h7-37H,1-6H3. The molecule has 3 heterocycles. The van der Waals surface area contributed by atoms with Crippen LogP contribution in [0.25, 0.3) is 111 Å². The summed E-state index contributed by atoms with van der Waals surface area (Å²) in [5.74, 6) is 0.480. The van der Waals surface area contributed by atoms with Gasteiger partial charge in [0, 0.05) is 38.2 Å². The second-order valence-corrected chi connectivity index (χ2v) is 18.9. The average Bonchev–Trinajstić information content (AvgIpc) is 3.88. The minimum Gasteiger partial charge on any atom is -0.307 e. The van der Waals surface area contributed by atoms with Crippen molar-refractivity contribution in [1.82, 2.24) is 19.1 Å². The summed E-state index contributed by atoms with van der Waals surface area (Å²) in [4.78, 5) is 10.6. The van der Waals surface area contributed by atoms with E-state index < -0.39 is 0 Å². The second-order valence-electron chi connectivity index (χ2n) is 18.9. The van der Waals surface area contributed by atoms with Crippen molar-refractivity contribution < 1.29 is 0 Å². The maximum Gasteiger partial charge on any atom is 0.161 e. The van der Waals surface area contributed by atoms with E-state index in [-0.39, 0.29) is 0 Å². The fraction of sp³-hybridized carbons (Fsp3) is 0.0923. The molecule has 0 saturated heterocycles. The number of nitriles is 1. The fourth-order valence-corrected chi connectivity index (χ4v) is 11.3. The molecule has 0 atom stereocenters. The Labute approximate surface area is 408 Å². The molecule has 0 unspecified atom stereocenters. The van der Waals surface area contributed by atoms with Crippen molar-refractivity contribution in [2.24, 2.45) is 0 Å². The Balaban J connectivity index is 1.19. The highest BCUT2D eigenvalue weighted by atomic mass is 15.1. The lowest BCUT2D eigenvalue weighted by molar-refractivity contribution is 1.09. The van der Waals surface area contributed by atoms with E-state index in [0.29, 0.717) is 17.0 Å². The van der Waals surface area contributed by atoms with Crippen molar-refractivity contribution in [3.63, 3.8) is 0 Å². The molecule has 12 aromatic rings. The zero-order chi connectivity index (χ0) is 47.8. The van der Waals surface area contributed by atoms with Gasteiger partial charge in [0.25, 0.3) is 0 Å². The zero-order valence-corrected chi connectivity index (χ0v) is 40.1. The van der Waals surface area contributed by atoms with Crippen LogP contribution in [-0.4, -0.2) is 19.1 Å². The van der Waals surface area contributed by atoms with Crippen molar-refractivity contribution in [1.29, 1.82) is 5.26 Å². The van der Waals surface area contributed by atoms with Gasteiger partial charge in [0.05, 0.1) is 56.5 Å². The number of hydrogen-bond donors (Lipinski definition) is 0. The third-order valence-electron chi connectivity index (χ3n) is 14.1. The molecule has 0 saturated carbocycles. The van der Waals surface area contributed by atoms with Crippen LogP contribution < -0.4 is 0 Å². The molecule has 0 fully saturated rings. The molecule has 334 valence electrons. The largest absolute Gasteiger partial charge is 0.307 e. The van der Waals surface area contributed by atoms with Crippen LogP contribution in [0, 0.1) is 52.9 Å². The number of fused-ring (bicyclic) bond motifs is 6. The quantitative estimate of drug-likeness (QED) is 0.160. The van der Waals surface area contributed by atoms with Gasteiger partial charge in [-0.25, -0.2) is 9.97 Å². The predicted molar refractivity (Wildman–Crippen MR) is 291 cm³/mol. The van der Waals surface area contributed by atoms with Crippen molar-refractivity contribution in [3.05, 3.63) is 227 Å². The first-order valence-corrected chi connectivity index (χ1v) is 24.0. The molecule has 0 amide bonds. The molecule has 0 radical (unpaired) electrons. The van der Waals surface area contributed by atoms with E-state index >= 15 is 0 Å². The molecule has 0 aliphatic carbocycles. The predicted octanol–water partition coefficient (Wildman–Crippen LogP) is 16.7. The highest BCUT2D eigenvalue weighted by Crippen LogP contribution is 2.43. The zero-order valence-electron chi connectivity index (χ0n) is 40.1. The fourth-order valence-electron chi connectivity index (χ4n) is 11.3. The number of aromatic nitrogens is 4. The van der Waals surface area contributed by atoms with Gasteiger partial charge in [-0.15, -0.1) is 0 Å². The molecule has 9 aromatic carbocycles. The van der Waals surface area contributed by atoms with Crippen LogP contribution in [0.15, 0.2) is 188 Å². The first kappa shape index (κ1) is 42.5. The first-order chi connectivity index (χ1) is 34.1. The summed E-state index contributed by atoms with van der Waals surface area (Å²) < 4.78 is 4.74. The number of aryl methyl sites for hydroxylation is 6. The number of hydrogen-bond acceptors (Lipinski definition) is 3. The molecule has 0 bridgehead atoms. The van der Waals surface area contributed by atoms with Gasteiger partial charge in [-0.1, -0.05) is 145 Å². The lowest BCUT2D eigenvalue weighted by Gasteiger charge is -2.20. The van der Waals surface area contributed by atoms with Crippen LogP contribution in [-0.2, 0) is 0 Å². The van der Waals surface area contributed by atoms with E-state index in [9.17, 15) is 5.26 Å².